The van der Waals surface area contributed by atoms with Gasteiger partial charge in [-0.25, -0.2) is 0 Å². The number of esters is 1. The SMILES string of the molecule is COC(=O)CC[N@@+]1(C)CCc2cc(OC)c(OC)cc2[C@H]1Cc1ccc(OC)c(OC)c1. The quantitative estimate of drug-likeness (QED) is 0.435. The lowest BCUT2D eigenvalue weighted by Crippen LogP contribution is -2.53. The fourth-order valence-electron chi connectivity index (χ4n) is 4.61. The first kappa shape index (κ1) is 23.7. The van der Waals surface area contributed by atoms with Gasteiger partial charge in [-0.2, -0.15) is 0 Å². The predicted molar refractivity (Wildman–Crippen MR) is 122 cm³/mol. The van der Waals surface area contributed by atoms with Gasteiger partial charge >= 0.3 is 5.97 Å². The minimum absolute atomic E-state index is 0.126. The highest BCUT2D eigenvalue weighted by atomic mass is 16.5. The van der Waals surface area contributed by atoms with Crippen molar-refractivity contribution in [3.8, 4) is 23.0 Å². The summed E-state index contributed by atoms with van der Waals surface area (Å²) in [6.45, 7) is 1.61. The van der Waals surface area contributed by atoms with Crippen LogP contribution in [0.25, 0.3) is 0 Å². The predicted octanol–water partition coefficient (Wildman–Crippen LogP) is 3.57. The molecule has 0 unspecified atom stereocenters. The Hall–Kier alpha value is -2.93. The van der Waals surface area contributed by atoms with Crippen molar-refractivity contribution in [3.05, 3.63) is 47.0 Å². The van der Waals surface area contributed by atoms with Crippen LogP contribution in [0.1, 0.15) is 29.2 Å². The number of nitrogens with zero attached hydrogens (tertiary/aromatic N) is 1. The van der Waals surface area contributed by atoms with Gasteiger partial charge in [-0.05, 0) is 35.4 Å². The largest absolute Gasteiger partial charge is 0.493 e. The van der Waals surface area contributed by atoms with E-state index in [0.29, 0.717) is 30.2 Å². The first-order valence-corrected chi connectivity index (χ1v) is 10.8. The molecule has 0 radical (unpaired) electrons. The molecular formula is C25H34NO6+. The molecule has 7 heteroatoms. The molecule has 0 amide bonds. The van der Waals surface area contributed by atoms with E-state index < -0.39 is 0 Å². The van der Waals surface area contributed by atoms with Crippen molar-refractivity contribution in [2.45, 2.75) is 25.3 Å². The minimum atomic E-state index is -0.188. The van der Waals surface area contributed by atoms with Crippen molar-refractivity contribution in [2.24, 2.45) is 0 Å². The van der Waals surface area contributed by atoms with Gasteiger partial charge in [0.2, 0.25) is 0 Å². The highest BCUT2D eigenvalue weighted by molar-refractivity contribution is 5.69. The van der Waals surface area contributed by atoms with Crippen LogP contribution < -0.4 is 18.9 Å². The first-order valence-electron chi connectivity index (χ1n) is 10.8. The molecule has 174 valence electrons. The molecule has 0 saturated carbocycles. The third kappa shape index (κ3) is 4.78. The number of fused-ring (bicyclic) bond motifs is 1. The summed E-state index contributed by atoms with van der Waals surface area (Å²) in [7, 11) is 10.2. The zero-order chi connectivity index (χ0) is 23.3. The van der Waals surface area contributed by atoms with E-state index in [9.17, 15) is 4.79 Å². The van der Waals surface area contributed by atoms with Gasteiger partial charge in [0.25, 0.3) is 0 Å². The Morgan fingerprint density at radius 3 is 2.16 bits per heavy atom. The fraction of sp³-hybridized carbons (Fsp3) is 0.480. The molecule has 3 rings (SSSR count). The van der Waals surface area contributed by atoms with Crippen LogP contribution in [0.4, 0.5) is 0 Å². The molecule has 0 aliphatic carbocycles. The van der Waals surface area contributed by atoms with Crippen LogP contribution in [0, 0.1) is 0 Å². The number of hydrogen-bond acceptors (Lipinski definition) is 6. The monoisotopic (exact) mass is 444 g/mol. The van der Waals surface area contributed by atoms with Crippen LogP contribution in [0.15, 0.2) is 30.3 Å². The van der Waals surface area contributed by atoms with Crippen molar-refractivity contribution in [1.82, 2.24) is 0 Å². The van der Waals surface area contributed by atoms with E-state index in [1.165, 1.54) is 18.2 Å². The first-order chi connectivity index (χ1) is 15.4. The van der Waals surface area contributed by atoms with Gasteiger partial charge in [0.15, 0.2) is 23.0 Å². The number of carbonyl (C=O) groups is 1. The number of benzene rings is 2. The lowest BCUT2D eigenvalue weighted by molar-refractivity contribution is -0.940. The summed E-state index contributed by atoms with van der Waals surface area (Å²) >= 11 is 0. The minimum Gasteiger partial charge on any atom is -0.493 e. The van der Waals surface area contributed by atoms with E-state index in [4.69, 9.17) is 23.7 Å². The molecular weight excluding hydrogens is 410 g/mol. The van der Waals surface area contributed by atoms with Gasteiger partial charge in [-0.3, -0.25) is 4.79 Å². The molecule has 1 aliphatic rings. The van der Waals surface area contributed by atoms with Gasteiger partial charge in [0, 0.05) is 18.4 Å². The van der Waals surface area contributed by atoms with E-state index in [1.54, 1.807) is 28.4 Å². The Morgan fingerprint density at radius 2 is 1.53 bits per heavy atom. The lowest BCUT2D eigenvalue weighted by Gasteiger charge is -2.46. The lowest BCUT2D eigenvalue weighted by atomic mass is 9.86. The summed E-state index contributed by atoms with van der Waals surface area (Å²) in [4.78, 5) is 11.9. The molecule has 0 aromatic heterocycles. The van der Waals surface area contributed by atoms with E-state index >= 15 is 0 Å². The molecule has 0 spiro atoms. The normalized spacial score (nSPS) is 19.6. The molecule has 2 aromatic rings. The molecule has 0 N–H and O–H groups in total. The van der Waals surface area contributed by atoms with Crippen LogP contribution in [-0.2, 0) is 22.4 Å². The van der Waals surface area contributed by atoms with Crippen LogP contribution >= 0.6 is 0 Å². The zero-order valence-corrected chi connectivity index (χ0v) is 19.9. The molecule has 0 bridgehead atoms. The number of methoxy groups -OCH3 is 5. The zero-order valence-electron chi connectivity index (χ0n) is 19.9. The highest BCUT2D eigenvalue weighted by Gasteiger charge is 2.40. The summed E-state index contributed by atoms with van der Waals surface area (Å²) < 4.78 is 27.7. The highest BCUT2D eigenvalue weighted by Crippen LogP contribution is 2.43. The summed E-state index contributed by atoms with van der Waals surface area (Å²) in [6.07, 6.45) is 2.05. The molecule has 2 atom stereocenters. The second kappa shape index (κ2) is 10.1. The fourth-order valence-corrected chi connectivity index (χ4v) is 4.61. The number of quaternary nitrogens is 1. The molecule has 0 saturated heterocycles. The number of carbonyl (C=O) groups excluding carboxylic acids is 1. The van der Waals surface area contributed by atoms with Crippen molar-refractivity contribution in [1.29, 1.82) is 0 Å². The number of likely N-dealkylation sites (N-methyl/N-ethyl adjacent to an activating group) is 1. The van der Waals surface area contributed by atoms with Crippen LogP contribution in [-0.4, -0.2) is 66.1 Å². The molecule has 7 nitrogen and oxygen atoms in total. The van der Waals surface area contributed by atoms with Gasteiger partial charge in [-0.1, -0.05) is 6.07 Å². The summed E-state index contributed by atoms with van der Waals surface area (Å²) in [5.41, 5.74) is 3.61. The Labute approximate surface area is 190 Å². The maximum Gasteiger partial charge on any atom is 0.311 e. The van der Waals surface area contributed by atoms with Crippen molar-refractivity contribution in [3.63, 3.8) is 0 Å². The van der Waals surface area contributed by atoms with Crippen molar-refractivity contribution in [2.75, 3.05) is 55.7 Å². The van der Waals surface area contributed by atoms with Gasteiger partial charge in [0.1, 0.15) is 6.04 Å². The van der Waals surface area contributed by atoms with E-state index in [2.05, 4.69) is 25.2 Å². The third-order valence-electron chi connectivity index (χ3n) is 6.58. The summed E-state index contributed by atoms with van der Waals surface area (Å²) in [5.74, 6) is 2.67. The van der Waals surface area contributed by atoms with Gasteiger partial charge < -0.3 is 28.2 Å². The Morgan fingerprint density at radius 1 is 0.906 bits per heavy atom. The van der Waals surface area contributed by atoms with Crippen LogP contribution in [0.5, 0.6) is 23.0 Å². The summed E-state index contributed by atoms with van der Waals surface area (Å²) in [6, 6.07) is 10.3. The molecule has 32 heavy (non-hydrogen) atoms. The van der Waals surface area contributed by atoms with Crippen molar-refractivity contribution < 1.29 is 33.0 Å². The second-order valence-corrected chi connectivity index (χ2v) is 8.32. The van der Waals surface area contributed by atoms with E-state index in [0.717, 1.165) is 35.2 Å². The average molecular weight is 445 g/mol. The standard InChI is InChI=1S/C25H34NO6/c1-26(12-10-25(27)32-6)11-9-18-15-23(30-4)24(31-5)16-19(18)20(26)13-17-7-8-21(28-2)22(14-17)29-3/h7-8,14-16,20H,9-13H2,1-6H3/q+1/t20-,26-/m1/s1. The Bertz CT molecular complexity index is 960. The molecule has 1 heterocycles. The van der Waals surface area contributed by atoms with Crippen LogP contribution in [0.2, 0.25) is 0 Å². The average Bonchev–Trinajstić information content (AvgIpc) is 2.83. The van der Waals surface area contributed by atoms with Crippen molar-refractivity contribution >= 4 is 5.97 Å². The molecule has 1 aliphatic heterocycles. The number of ether oxygens (including phenoxy) is 5. The Balaban J connectivity index is 2.04. The van der Waals surface area contributed by atoms with Crippen LogP contribution in [0.3, 0.4) is 0 Å². The maximum atomic E-state index is 11.9. The van der Waals surface area contributed by atoms with E-state index in [1.807, 2.05) is 12.1 Å². The second-order valence-electron chi connectivity index (χ2n) is 8.32. The van der Waals surface area contributed by atoms with Gasteiger partial charge in [0.05, 0.1) is 62.1 Å². The third-order valence-corrected chi connectivity index (χ3v) is 6.58. The summed E-state index contributed by atoms with van der Waals surface area (Å²) in [5, 5.41) is 0. The molecule has 0 fully saturated rings. The van der Waals surface area contributed by atoms with Gasteiger partial charge in [-0.15, -0.1) is 0 Å². The number of hydrogen-bond donors (Lipinski definition) is 0. The number of rotatable bonds is 9. The topological polar surface area (TPSA) is 63.2 Å². The molecule has 2 aromatic carbocycles. The maximum absolute atomic E-state index is 11.9. The van der Waals surface area contributed by atoms with E-state index in [-0.39, 0.29) is 12.0 Å². The smallest absolute Gasteiger partial charge is 0.311 e. The Kier molecular flexibility index (Phi) is 7.51.